The average Bonchev–Trinajstić information content (AvgIpc) is 3.30. The van der Waals surface area contributed by atoms with Crippen molar-refractivity contribution in [2.75, 3.05) is 0 Å². The minimum Gasteiger partial charge on any atom is -0.299 e. The van der Waals surface area contributed by atoms with Gasteiger partial charge >= 0.3 is 0 Å². The van der Waals surface area contributed by atoms with Crippen LogP contribution in [-0.4, -0.2) is 31.8 Å². The van der Waals surface area contributed by atoms with Gasteiger partial charge < -0.3 is 0 Å². The van der Waals surface area contributed by atoms with Crippen LogP contribution in [0.5, 0.6) is 0 Å². The molecule has 0 atom stereocenters. The molecule has 1 aliphatic heterocycles. The molecule has 150 valence electrons. The maximum Gasteiger partial charge on any atom is 0.264 e. The summed E-state index contributed by atoms with van der Waals surface area (Å²) in [6, 6.07) is 17.7. The van der Waals surface area contributed by atoms with E-state index in [0.717, 1.165) is 16.9 Å². The summed E-state index contributed by atoms with van der Waals surface area (Å²) in [5.74, 6) is -0.183. The normalized spacial score (nSPS) is 17.0. The molecule has 0 aliphatic carbocycles. The Kier molecular flexibility index (Phi) is 5.58. The van der Waals surface area contributed by atoms with E-state index in [2.05, 4.69) is 25.8 Å². The quantitative estimate of drug-likeness (QED) is 0.398. The molecular formula is C22H20N6OS. The first-order chi connectivity index (χ1) is 14.5. The lowest BCUT2D eigenvalue weighted by molar-refractivity contribution is -0.115. The van der Waals surface area contributed by atoms with Crippen LogP contribution in [0.25, 0.3) is 11.8 Å². The SMILES string of the molecule is C/C(=N\N=C1\NC(=O)/C(=C/c2ccccc2)S1)c1nnn(-c2ccc(C)cc2)c1C. The molecule has 0 spiro atoms. The monoisotopic (exact) mass is 416 g/mol. The van der Waals surface area contributed by atoms with Gasteiger partial charge in [-0.1, -0.05) is 53.2 Å². The number of carbonyl (C=O) groups is 1. The van der Waals surface area contributed by atoms with Crippen molar-refractivity contribution in [3.8, 4) is 5.69 Å². The highest BCUT2D eigenvalue weighted by atomic mass is 32.2. The molecule has 0 radical (unpaired) electrons. The molecule has 0 bridgehead atoms. The molecule has 1 amide bonds. The van der Waals surface area contributed by atoms with Gasteiger partial charge in [-0.05, 0) is 56.3 Å². The molecule has 4 rings (SSSR count). The van der Waals surface area contributed by atoms with Crippen molar-refractivity contribution in [2.24, 2.45) is 10.2 Å². The van der Waals surface area contributed by atoms with Gasteiger partial charge in [-0.15, -0.1) is 10.2 Å². The minimum atomic E-state index is -0.183. The van der Waals surface area contributed by atoms with Gasteiger partial charge in [0.2, 0.25) is 0 Å². The van der Waals surface area contributed by atoms with E-state index in [0.29, 0.717) is 21.5 Å². The zero-order valence-electron chi connectivity index (χ0n) is 16.8. The molecule has 2 aromatic carbocycles. The van der Waals surface area contributed by atoms with Crippen molar-refractivity contribution < 1.29 is 4.79 Å². The number of amidine groups is 1. The van der Waals surface area contributed by atoms with E-state index in [9.17, 15) is 4.79 Å². The third-order valence-corrected chi connectivity index (χ3v) is 5.46. The summed E-state index contributed by atoms with van der Waals surface area (Å²) >= 11 is 1.26. The Morgan fingerprint density at radius 2 is 1.83 bits per heavy atom. The second-order valence-corrected chi connectivity index (χ2v) is 7.87. The summed E-state index contributed by atoms with van der Waals surface area (Å²) in [5, 5.41) is 20.1. The van der Waals surface area contributed by atoms with Gasteiger partial charge in [-0.3, -0.25) is 10.1 Å². The van der Waals surface area contributed by atoms with Crippen LogP contribution >= 0.6 is 11.8 Å². The van der Waals surface area contributed by atoms with Crippen LogP contribution in [0.3, 0.4) is 0 Å². The highest BCUT2D eigenvalue weighted by Crippen LogP contribution is 2.26. The van der Waals surface area contributed by atoms with Gasteiger partial charge in [0, 0.05) is 0 Å². The Bertz CT molecular complexity index is 1180. The molecule has 30 heavy (non-hydrogen) atoms. The Balaban J connectivity index is 1.53. The lowest BCUT2D eigenvalue weighted by Crippen LogP contribution is -2.19. The Morgan fingerprint density at radius 3 is 2.57 bits per heavy atom. The average molecular weight is 417 g/mol. The number of amides is 1. The van der Waals surface area contributed by atoms with Gasteiger partial charge in [-0.2, -0.15) is 5.10 Å². The summed E-state index contributed by atoms with van der Waals surface area (Å²) in [4.78, 5) is 12.8. The molecule has 8 heteroatoms. The number of thioether (sulfide) groups is 1. The van der Waals surface area contributed by atoms with Crippen LogP contribution in [-0.2, 0) is 4.79 Å². The fourth-order valence-corrected chi connectivity index (χ4v) is 3.71. The zero-order valence-corrected chi connectivity index (χ0v) is 17.6. The maximum absolute atomic E-state index is 12.2. The minimum absolute atomic E-state index is 0.183. The fourth-order valence-electron chi connectivity index (χ4n) is 2.94. The topological polar surface area (TPSA) is 84.5 Å². The van der Waals surface area contributed by atoms with Crippen molar-refractivity contribution in [1.29, 1.82) is 0 Å². The van der Waals surface area contributed by atoms with Gasteiger partial charge in [0.05, 0.1) is 22.0 Å². The molecule has 0 unspecified atom stereocenters. The van der Waals surface area contributed by atoms with Gasteiger partial charge in [0.1, 0.15) is 5.69 Å². The summed E-state index contributed by atoms with van der Waals surface area (Å²) in [6.07, 6.45) is 1.83. The standard InChI is InChI=1S/C22H20N6OS/c1-14-9-11-18(12-10-14)28-16(3)20(25-27-28)15(2)24-26-22-23-21(29)19(30-22)13-17-7-5-4-6-8-17/h4-13H,1-3H3,(H,23,26,29)/b19-13-,24-15+. The molecule has 2 heterocycles. The van der Waals surface area contributed by atoms with Crippen LogP contribution in [0.2, 0.25) is 0 Å². The number of carbonyl (C=O) groups excluding carboxylic acids is 1. The lowest BCUT2D eigenvalue weighted by Gasteiger charge is -2.03. The molecule has 1 N–H and O–H groups in total. The van der Waals surface area contributed by atoms with Crippen LogP contribution in [0, 0.1) is 13.8 Å². The van der Waals surface area contributed by atoms with E-state index in [1.54, 1.807) is 4.68 Å². The third kappa shape index (κ3) is 4.23. The molecule has 1 fully saturated rings. The van der Waals surface area contributed by atoms with E-state index >= 15 is 0 Å². The van der Waals surface area contributed by atoms with Crippen LogP contribution in [0.1, 0.15) is 29.4 Å². The van der Waals surface area contributed by atoms with Crippen molar-refractivity contribution in [3.63, 3.8) is 0 Å². The molecule has 1 saturated heterocycles. The lowest BCUT2D eigenvalue weighted by atomic mass is 10.2. The highest BCUT2D eigenvalue weighted by molar-refractivity contribution is 8.18. The zero-order chi connectivity index (χ0) is 21.1. The van der Waals surface area contributed by atoms with Crippen LogP contribution < -0.4 is 5.32 Å². The molecule has 7 nitrogen and oxygen atoms in total. The number of aromatic nitrogens is 3. The van der Waals surface area contributed by atoms with E-state index in [4.69, 9.17) is 0 Å². The summed E-state index contributed by atoms with van der Waals surface area (Å²) < 4.78 is 1.77. The van der Waals surface area contributed by atoms with Gasteiger partial charge in [-0.25, -0.2) is 4.68 Å². The molecule has 1 aliphatic rings. The Morgan fingerprint density at radius 1 is 1.10 bits per heavy atom. The molecule has 3 aromatic rings. The van der Waals surface area contributed by atoms with Crippen molar-refractivity contribution in [3.05, 3.63) is 82.0 Å². The Labute approximate surface area is 178 Å². The van der Waals surface area contributed by atoms with E-state index in [1.165, 1.54) is 17.3 Å². The first-order valence-corrected chi connectivity index (χ1v) is 10.2. The maximum atomic E-state index is 12.2. The summed E-state index contributed by atoms with van der Waals surface area (Å²) in [7, 11) is 0. The van der Waals surface area contributed by atoms with Gasteiger partial charge in [0.15, 0.2) is 5.17 Å². The Hall–Kier alpha value is -3.52. The number of hydrogen-bond acceptors (Lipinski definition) is 6. The predicted molar refractivity (Wildman–Crippen MR) is 121 cm³/mol. The van der Waals surface area contributed by atoms with Crippen LogP contribution in [0.15, 0.2) is 69.7 Å². The second-order valence-electron chi connectivity index (χ2n) is 6.84. The predicted octanol–water partition coefficient (Wildman–Crippen LogP) is 3.87. The number of hydrogen-bond donors (Lipinski definition) is 1. The number of nitrogens with one attached hydrogen (secondary N) is 1. The second kappa shape index (κ2) is 8.46. The van der Waals surface area contributed by atoms with Crippen molar-refractivity contribution in [2.45, 2.75) is 20.8 Å². The summed E-state index contributed by atoms with van der Waals surface area (Å²) in [6.45, 7) is 5.80. The van der Waals surface area contributed by atoms with Crippen molar-refractivity contribution >= 4 is 34.6 Å². The first kappa shape index (κ1) is 19.8. The van der Waals surface area contributed by atoms with E-state index in [-0.39, 0.29) is 5.91 Å². The van der Waals surface area contributed by atoms with Crippen molar-refractivity contribution in [1.82, 2.24) is 20.3 Å². The smallest absolute Gasteiger partial charge is 0.264 e. The van der Waals surface area contributed by atoms with E-state index in [1.807, 2.05) is 81.4 Å². The van der Waals surface area contributed by atoms with Gasteiger partial charge in [0.25, 0.3) is 5.91 Å². The van der Waals surface area contributed by atoms with E-state index < -0.39 is 0 Å². The fraction of sp³-hybridized carbons (Fsp3) is 0.136. The molecule has 0 saturated carbocycles. The molecule has 1 aromatic heterocycles. The number of rotatable bonds is 4. The number of aryl methyl sites for hydroxylation is 1. The molecular weight excluding hydrogens is 396 g/mol. The highest BCUT2D eigenvalue weighted by Gasteiger charge is 2.24. The largest absolute Gasteiger partial charge is 0.299 e. The third-order valence-electron chi connectivity index (χ3n) is 4.55. The van der Waals surface area contributed by atoms with Crippen LogP contribution in [0.4, 0.5) is 0 Å². The number of benzene rings is 2. The number of nitrogens with zero attached hydrogens (tertiary/aromatic N) is 5. The summed E-state index contributed by atoms with van der Waals surface area (Å²) in [5.41, 5.74) is 5.22. The first-order valence-electron chi connectivity index (χ1n) is 9.39.